The molecule has 2 aliphatic rings. The van der Waals surface area contributed by atoms with Crippen molar-refractivity contribution in [3.8, 4) is 0 Å². The molecule has 2 aliphatic heterocycles. The summed E-state index contributed by atoms with van der Waals surface area (Å²) in [4.78, 5) is 28.9. The molecule has 2 saturated heterocycles. The molecule has 0 radical (unpaired) electrons. The van der Waals surface area contributed by atoms with Crippen LogP contribution in [0.5, 0.6) is 0 Å². The minimum atomic E-state index is -1.02. The molecule has 152 valence electrons. The van der Waals surface area contributed by atoms with Crippen LogP contribution in [0.15, 0.2) is 54.6 Å². The van der Waals surface area contributed by atoms with Gasteiger partial charge in [-0.2, -0.15) is 0 Å². The third-order valence-corrected chi connectivity index (χ3v) is 5.95. The first kappa shape index (κ1) is 19.6. The van der Waals surface area contributed by atoms with Gasteiger partial charge >= 0.3 is 5.97 Å². The Morgan fingerprint density at radius 3 is 2.34 bits per heavy atom. The topological polar surface area (TPSA) is 70.1 Å². The first-order valence-corrected chi connectivity index (χ1v) is 10.0. The average molecular weight is 394 g/mol. The number of rotatable bonds is 4. The first-order chi connectivity index (χ1) is 14.0. The van der Waals surface area contributed by atoms with E-state index in [0.717, 1.165) is 25.2 Å². The van der Waals surface area contributed by atoms with E-state index in [1.807, 2.05) is 37.3 Å². The molecule has 1 N–H and O–H groups in total. The second-order valence-corrected chi connectivity index (χ2v) is 7.91. The van der Waals surface area contributed by atoms with Crippen LogP contribution < -0.4 is 0 Å². The smallest absolute Gasteiger partial charge is 0.328 e. The Morgan fingerprint density at radius 2 is 1.72 bits per heavy atom. The molecule has 0 saturated carbocycles. The van der Waals surface area contributed by atoms with E-state index in [-0.39, 0.29) is 12.5 Å². The number of carbonyl (C=O) groups excluding carboxylic acids is 1. The second kappa shape index (κ2) is 7.97. The fraction of sp³-hybridized carbons (Fsp3) is 0.391. The van der Waals surface area contributed by atoms with E-state index in [0.29, 0.717) is 18.4 Å². The van der Waals surface area contributed by atoms with Crippen molar-refractivity contribution < 1.29 is 19.4 Å². The van der Waals surface area contributed by atoms with Crippen LogP contribution >= 0.6 is 0 Å². The number of carbonyl (C=O) groups is 2. The number of aryl methyl sites for hydroxylation is 1. The fourth-order valence-electron chi connectivity index (χ4n) is 4.29. The van der Waals surface area contributed by atoms with Gasteiger partial charge in [0.25, 0.3) is 5.91 Å². The van der Waals surface area contributed by atoms with Crippen LogP contribution in [0.25, 0.3) is 0 Å². The van der Waals surface area contributed by atoms with Crippen LogP contribution in [0, 0.1) is 6.92 Å². The number of ether oxygens (including phenoxy) is 1. The Hall–Kier alpha value is -2.70. The van der Waals surface area contributed by atoms with Gasteiger partial charge in [0.2, 0.25) is 0 Å². The lowest BCUT2D eigenvalue weighted by Gasteiger charge is -2.44. The third kappa shape index (κ3) is 3.91. The molecule has 2 fully saturated rings. The van der Waals surface area contributed by atoms with Crippen molar-refractivity contribution in [1.82, 2.24) is 9.80 Å². The summed E-state index contributed by atoms with van der Waals surface area (Å²) >= 11 is 0. The molecule has 2 heterocycles. The lowest BCUT2D eigenvalue weighted by atomic mass is 9.96. The number of piperidine rings is 1. The van der Waals surface area contributed by atoms with E-state index in [2.05, 4.69) is 17.0 Å². The molecular weight excluding hydrogens is 368 g/mol. The molecule has 0 aromatic heterocycles. The van der Waals surface area contributed by atoms with Crippen molar-refractivity contribution in [2.45, 2.75) is 38.1 Å². The highest BCUT2D eigenvalue weighted by Crippen LogP contribution is 2.38. The molecule has 0 aliphatic carbocycles. The van der Waals surface area contributed by atoms with E-state index in [1.165, 1.54) is 10.5 Å². The maximum Gasteiger partial charge on any atom is 0.328 e. The molecule has 2 aromatic rings. The van der Waals surface area contributed by atoms with Gasteiger partial charge in [-0.1, -0.05) is 48.0 Å². The molecule has 0 bridgehead atoms. The fourth-order valence-corrected chi connectivity index (χ4v) is 4.29. The van der Waals surface area contributed by atoms with Gasteiger partial charge in [-0.25, -0.2) is 4.79 Å². The number of aliphatic carboxylic acids is 1. The number of likely N-dealkylation sites (tertiary alicyclic amines) is 1. The highest BCUT2D eigenvalue weighted by Gasteiger charge is 2.54. The van der Waals surface area contributed by atoms with Gasteiger partial charge in [-0.05, 0) is 24.6 Å². The van der Waals surface area contributed by atoms with Crippen molar-refractivity contribution in [3.63, 3.8) is 0 Å². The van der Waals surface area contributed by atoms with Crippen molar-refractivity contribution in [2.24, 2.45) is 0 Å². The molecule has 1 unspecified atom stereocenters. The predicted molar refractivity (Wildman–Crippen MR) is 108 cm³/mol. The third-order valence-electron chi connectivity index (χ3n) is 5.95. The van der Waals surface area contributed by atoms with Gasteiger partial charge in [-0.3, -0.25) is 14.6 Å². The standard InChI is InChI=1S/C23H26N2O4/c1-17-7-9-19(10-8-17)21(26)25-20(22(27)28)16-29-23(25)11-13-24(14-12-23)15-18-5-3-2-4-6-18/h2-10,20H,11-16H2,1H3,(H,27,28). The molecule has 1 spiro atoms. The Labute approximate surface area is 170 Å². The van der Waals surface area contributed by atoms with Gasteiger partial charge in [0.15, 0.2) is 6.04 Å². The molecule has 4 rings (SSSR count). The zero-order valence-electron chi connectivity index (χ0n) is 16.6. The minimum Gasteiger partial charge on any atom is -0.480 e. The predicted octanol–water partition coefficient (Wildman–Crippen LogP) is 2.91. The monoisotopic (exact) mass is 394 g/mol. The number of carboxylic acids is 1. The summed E-state index contributed by atoms with van der Waals surface area (Å²) in [5.74, 6) is -1.29. The molecule has 29 heavy (non-hydrogen) atoms. The van der Waals surface area contributed by atoms with E-state index < -0.39 is 17.7 Å². The number of amides is 1. The summed E-state index contributed by atoms with van der Waals surface area (Å²) < 4.78 is 6.03. The SMILES string of the molecule is Cc1ccc(C(=O)N2C(C(=O)O)COC23CCN(Cc2ccccc2)CC3)cc1. The van der Waals surface area contributed by atoms with E-state index in [1.54, 1.807) is 12.1 Å². The highest BCUT2D eigenvalue weighted by molar-refractivity contribution is 5.97. The van der Waals surface area contributed by atoms with Crippen LogP contribution in [-0.4, -0.2) is 58.2 Å². The van der Waals surface area contributed by atoms with E-state index in [4.69, 9.17) is 4.74 Å². The van der Waals surface area contributed by atoms with Crippen LogP contribution in [0.4, 0.5) is 0 Å². The number of carboxylic acid groups (broad SMARTS) is 1. The minimum absolute atomic E-state index is 0.0334. The summed E-state index contributed by atoms with van der Waals surface area (Å²) in [6, 6.07) is 16.6. The van der Waals surface area contributed by atoms with Gasteiger partial charge in [0.1, 0.15) is 5.72 Å². The number of hydrogen-bond donors (Lipinski definition) is 1. The zero-order valence-corrected chi connectivity index (χ0v) is 16.6. The van der Waals surface area contributed by atoms with Crippen LogP contribution in [-0.2, 0) is 16.1 Å². The molecule has 1 atom stereocenters. The van der Waals surface area contributed by atoms with Gasteiger partial charge in [0, 0.05) is 38.0 Å². The molecule has 1 amide bonds. The van der Waals surface area contributed by atoms with Crippen LogP contribution in [0.3, 0.4) is 0 Å². The van der Waals surface area contributed by atoms with Crippen molar-refractivity contribution in [1.29, 1.82) is 0 Å². The molecular formula is C23H26N2O4. The second-order valence-electron chi connectivity index (χ2n) is 7.91. The lowest BCUT2D eigenvalue weighted by molar-refractivity contribution is -0.144. The van der Waals surface area contributed by atoms with E-state index >= 15 is 0 Å². The Bertz CT molecular complexity index is 874. The quantitative estimate of drug-likeness (QED) is 0.864. The first-order valence-electron chi connectivity index (χ1n) is 10.0. The normalized spacial score (nSPS) is 21.4. The van der Waals surface area contributed by atoms with Crippen LogP contribution in [0.2, 0.25) is 0 Å². The molecule has 6 nitrogen and oxygen atoms in total. The lowest BCUT2D eigenvalue weighted by Crippen LogP contribution is -2.58. The molecule has 6 heteroatoms. The molecule has 2 aromatic carbocycles. The maximum atomic E-state index is 13.3. The summed E-state index contributed by atoms with van der Waals surface area (Å²) in [7, 11) is 0. The Kier molecular flexibility index (Phi) is 5.39. The highest BCUT2D eigenvalue weighted by atomic mass is 16.5. The van der Waals surface area contributed by atoms with Crippen molar-refractivity contribution in [2.75, 3.05) is 19.7 Å². The largest absolute Gasteiger partial charge is 0.480 e. The maximum absolute atomic E-state index is 13.3. The van der Waals surface area contributed by atoms with E-state index in [9.17, 15) is 14.7 Å². The van der Waals surface area contributed by atoms with Gasteiger partial charge < -0.3 is 9.84 Å². The summed E-state index contributed by atoms with van der Waals surface area (Å²) in [5.41, 5.74) is 1.95. The Balaban J connectivity index is 1.53. The van der Waals surface area contributed by atoms with Gasteiger partial charge in [-0.15, -0.1) is 0 Å². The van der Waals surface area contributed by atoms with Crippen molar-refractivity contribution in [3.05, 3.63) is 71.3 Å². The van der Waals surface area contributed by atoms with Gasteiger partial charge in [0.05, 0.1) is 6.61 Å². The number of hydrogen-bond acceptors (Lipinski definition) is 4. The number of benzene rings is 2. The Morgan fingerprint density at radius 1 is 1.07 bits per heavy atom. The summed E-state index contributed by atoms with van der Waals surface area (Å²) in [6.45, 7) is 4.33. The summed E-state index contributed by atoms with van der Waals surface area (Å²) in [6.07, 6.45) is 1.20. The average Bonchev–Trinajstić information content (AvgIpc) is 3.10. The summed E-state index contributed by atoms with van der Waals surface area (Å²) in [5, 5.41) is 9.70. The zero-order chi connectivity index (χ0) is 20.4. The number of nitrogens with zero attached hydrogens (tertiary/aromatic N) is 2. The van der Waals surface area contributed by atoms with Crippen LogP contribution in [0.1, 0.15) is 34.3 Å². The van der Waals surface area contributed by atoms with Crippen molar-refractivity contribution >= 4 is 11.9 Å².